The Bertz CT molecular complexity index is 319. The molecule has 1 rings (SSSR count). The van der Waals surface area contributed by atoms with Gasteiger partial charge in [-0.15, -0.1) is 0 Å². The minimum atomic E-state index is -1.29. The van der Waals surface area contributed by atoms with Crippen molar-refractivity contribution < 1.29 is 15.0 Å². The van der Waals surface area contributed by atoms with E-state index in [1.54, 1.807) is 12.1 Å². The zero-order valence-corrected chi connectivity index (χ0v) is 8.32. The fourth-order valence-corrected chi connectivity index (χ4v) is 1.02. The molecule has 0 heterocycles. The van der Waals surface area contributed by atoms with Crippen molar-refractivity contribution in [3.05, 3.63) is 29.8 Å². The Kier molecular flexibility index (Phi) is 2.91. The highest BCUT2D eigenvalue weighted by molar-refractivity contribution is 5.88. The van der Waals surface area contributed by atoms with Crippen LogP contribution in [0.15, 0.2) is 24.3 Å². The topological polar surface area (TPSA) is 57.5 Å². The second kappa shape index (κ2) is 3.80. The van der Waals surface area contributed by atoms with Crippen LogP contribution in [0.4, 0.5) is 0 Å². The molecule has 3 heteroatoms. The largest absolute Gasteiger partial charge is 0.508 e. The van der Waals surface area contributed by atoms with E-state index < -0.39 is 5.60 Å². The second-order valence-corrected chi connectivity index (χ2v) is 3.83. The number of hydrogen-bond donors (Lipinski definition) is 2. The fraction of sp³-hybridized carbons (Fsp3) is 0.364. The van der Waals surface area contributed by atoms with Gasteiger partial charge < -0.3 is 10.2 Å². The summed E-state index contributed by atoms with van der Waals surface area (Å²) in [5.74, 6) is -0.0624. The molecule has 1 aromatic carbocycles. The van der Waals surface area contributed by atoms with Gasteiger partial charge in [-0.25, -0.2) is 0 Å². The first-order valence-corrected chi connectivity index (χ1v) is 4.43. The summed E-state index contributed by atoms with van der Waals surface area (Å²) in [6.45, 7) is 2.94. The van der Waals surface area contributed by atoms with Crippen LogP contribution in [-0.4, -0.2) is 21.6 Å². The van der Waals surface area contributed by atoms with E-state index in [0.717, 1.165) is 5.56 Å². The highest BCUT2D eigenvalue weighted by atomic mass is 16.3. The molecule has 14 heavy (non-hydrogen) atoms. The number of carbonyl (C=O) groups is 1. The molecule has 0 unspecified atom stereocenters. The first-order chi connectivity index (χ1) is 6.39. The van der Waals surface area contributed by atoms with E-state index in [0.29, 0.717) is 0 Å². The van der Waals surface area contributed by atoms with Crippen molar-refractivity contribution in [3.8, 4) is 5.75 Å². The predicted octanol–water partition coefficient (Wildman–Crippen LogP) is 1.27. The standard InChI is InChI=1S/C11H14O3/c1-11(2,14)10(13)7-8-3-5-9(12)6-4-8/h3-6,12,14H,7H2,1-2H3. The molecule has 0 aliphatic heterocycles. The normalized spacial score (nSPS) is 11.4. The lowest BCUT2D eigenvalue weighted by molar-refractivity contribution is -0.133. The minimum Gasteiger partial charge on any atom is -0.508 e. The number of aromatic hydroxyl groups is 1. The quantitative estimate of drug-likeness (QED) is 0.762. The number of rotatable bonds is 3. The minimum absolute atomic E-state index is 0.171. The summed E-state index contributed by atoms with van der Waals surface area (Å²) in [6.07, 6.45) is 0.184. The van der Waals surface area contributed by atoms with Crippen LogP contribution >= 0.6 is 0 Å². The van der Waals surface area contributed by atoms with E-state index in [4.69, 9.17) is 5.11 Å². The summed E-state index contributed by atoms with van der Waals surface area (Å²) in [4.78, 5) is 11.4. The Morgan fingerprint density at radius 3 is 2.21 bits per heavy atom. The molecule has 0 amide bonds. The summed E-state index contributed by atoms with van der Waals surface area (Å²) in [7, 11) is 0. The molecule has 0 spiro atoms. The van der Waals surface area contributed by atoms with Crippen molar-refractivity contribution in [2.24, 2.45) is 0 Å². The molecular formula is C11H14O3. The molecule has 0 radical (unpaired) electrons. The van der Waals surface area contributed by atoms with E-state index in [1.807, 2.05) is 0 Å². The number of phenols is 1. The van der Waals surface area contributed by atoms with Crippen LogP contribution < -0.4 is 0 Å². The Labute approximate surface area is 83.0 Å². The molecule has 0 saturated heterocycles. The molecule has 0 saturated carbocycles. The molecule has 76 valence electrons. The summed E-state index contributed by atoms with van der Waals surface area (Å²) < 4.78 is 0. The van der Waals surface area contributed by atoms with Gasteiger partial charge in [0, 0.05) is 6.42 Å². The van der Waals surface area contributed by atoms with Crippen molar-refractivity contribution in [2.75, 3.05) is 0 Å². The van der Waals surface area contributed by atoms with Crippen molar-refractivity contribution in [1.29, 1.82) is 0 Å². The average molecular weight is 194 g/mol. The van der Waals surface area contributed by atoms with Crippen LogP contribution in [0.1, 0.15) is 19.4 Å². The predicted molar refractivity (Wildman–Crippen MR) is 53.1 cm³/mol. The van der Waals surface area contributed by atoms with Crippen LogP contribution in [-0.2, 0) is 11.2 Å². The van der Waals surface area contributed by atoms with Crippen molar-refractivity contribution in [2.45, 2.75) is 25.9 Å². The number of hydrogen-bond acceptors (Lipinski definition) is 3. The Balaban J connectivity index is 2.71. The van der Waals surface area contributed by atoms with Gasteiger partial charge in [0.05, 0.1) is 0 Å². The molecule has 1 aromatic rings. The number of phenolic OH excluding ortho intramolecular Hbond substituents is 1. The molecule has 2 N–H and O–H groups in total. The van der Waals surface area contributed by atoms with Gasteiger partial charge in [0.25, 0.3) is 0 Å². The second-order valence-electron chi connectivity index (χ2n) is 3.83. The number of ketones is 1. The molecule has 0 bridgehead atoms. The molecule has 0 fully saturated rings. The first kappa shape index (κ1) is 10.7. The maximum Gasteiger partial charge on any atom is 0.168 e. The molecule has 0 aliphatic carbocycles. The number of benzene rings is 1. The average Bonchev–Trinajstić information content (AvgIpc) is 2.07. The van der Waals surface area contributed by atoms with Gasteiger partial charge in [0.2, 0.25) is 0 Å². The van der Waals surface area contributed by atoms with Crippen molar-refractivity contribution in [3.63, 3.8) is 0 Å². The third-order valence-electron chi connectivity index (χ3n) is 1.98. The van der Waals surface area contributed by atoms with Crippen LogP contribution in [0.25, 0.3) is 0 Å². The zero-order valence-electron chi connectivity index (χ0n) is 8.32. The fourth-order valence-electron chi connectivity index (χ4n) is 1.02. The van der Waals surface area contributed by atoms with Gasteiger partial charge in [-0.1, -0.05) is 12.1 Å². The molecular weight excluding hydrogens is 180 g/mol. The number of carbonyl (C=O) groups excluding carboxylic acids is 1. The molecule has 0 aromatic heterocycles. The smallest absolute Gasteiger partial charge is 0.168 e. The van der Waals surface area contributed by atoms with E-state index in [9.17, 15) is 9.90 Å². The SMILES string of the molecule is CC(C)(O)C(=O)Cc1ccc(O)cc1. The lowest BCUT2D eigenvalue weighted by Crippen LogP contribution is -2.32. The van der Waals surface area contributed by atoms with Gasteiger partial charge in [0.1, 0.15) is 11.4 Å². The lowest BCUT2D eigenvalue weighted by atomic mass is 9.97. The summed E-state index contributed by atoms with van der Waals surface area (Å²) in [5.41, 5.74) is -0.507. The first-order valence-electron chi connectivity index (χ1n) is 4.43. The van der Waals surface area contributed by atoms with Crippen molar-refractivity contribution >= 4 is 5.78 Å². The summed E-state index contributed by atoms with van der Waals surface area (Å²) in [6, 6.07) is 6.37. The van der Waals surface area contributed by atoms with Gasteiger partial charge in [-0.05, 0) is 31.5 Å². The van der Waals surface area contributed by atoms with Gasteiger partial charge in [-0.2, -0.15) is 0 Å². The van der Waals surface area contributed by atoms with E-state index in [1.165, 1.54) is 26.0 Å². The third kappa shape index (κ3) is 2.85. The highest BCUT2D eigenvalue weighted by Gasteiger charge is 2.23. The van der Waals surface area contributed by atoms with Gasteiger partial charge >= 0.3 is 0 Å². The maximum atomic E-state index is 11.4. The number of Topliss-reactive ketones (excluding diaryl/α,β-unsaturated/α-hetero) is 1. The van der Waals surface area contributed by atoms with Gasteiger partial charge in [-0.3, -0.25) is 4.79 Å². The van der Waals surface area contributed by atoms with Crippen LogP contribution in [0, 0.1) is 0 Å². The Hall–Kier alpha value is -1.35. The molecule has 0 aliphatic rings. The number of aliphatic hydroxyl groups is 1. The lowest BCUT2D eigenvalue weighted by Gasteiger charge is -2.15. The summed E-state index contributed by atoms with van der Waals surface area (Å²) in [5, 5.41) is 18.4. The van der Waals surface area contributed by atoms with E-state index in [-0.39, 0.29) is 18.0 Å². The van der Waals surface area contributed by atoms with E-state index in [2.05, 4.69) is 0 Å². The highest BCUT2D eigenvalue weighted by Crippen LogP contribution is 2.13. The molecule has 3 nitrogen and oxygen atoms in total. The summed E-state index contributed by atoms with van der Waals surface area (Å²) >= 11 is 0. The maximum absolute atomic E-state index is 11.4. The van der Waals surface area contributed by atoms with Gasteiger partial charge in [0.15, 0.2) is 5.78 Å². The monoisotopic (exact) mass is 194 g/mol. The van der Waals surface area contributed by atoms with E-state index >= 15 is 0 Å². The zero-order chi connectivity index (χ0) is 10.8. The van der Waals surface area contributed by atoms with Crippen LogP contribution in [0.5, 0.6) is 5.75 Å². The van der Waals surface area contributed by atoms with Crippen LogP contribution in [0.2, 0.25) is 0 Å². The Morgan fingerprint density at radius 2 is 1.79 bits per heavy atom. The third-order valence-corrected chi connectivity index (χ3v) is 1.98. The van der Waals surface area contributed by atoms with Crippen LogP contribution in [0.3, 0.4) is 0 Å². The van der Waals surface area contributed by atoms with Crippen molar-refractivity contribution in [1.82, 2.24) is 0 Å². The molecule has 0 atom stereocenters. The Morgan fingerprint density at radius 1 is 1.29 bits per heavy atom.